The summed E-state index contributed by atoms with van der Waals surface area (Å²) in [4.78, 5) is 24.4. The number of Topliss-reactive ketones (excluding diaryl/α,β-unsaturated/α-hetero) is 1. The number of benzene rings is 1. The summed E-state index contributed by atoms with van der Waals surface area (Å²) >= 11 is 0. The summed E-state index contributed by atoms with van der Waals surface area (Å²) in [6, 6.07) is 7.09. The van der Waals surface area contributed by atoms with E-state index in [1.807, 2.05) is 24.3 Å². The van der Waals surface area contributed by atoms with E-state index in [2.05, 4.69) is 19.2 Å². The number of hydrogen-bond acceptors (Lipinski definition) is 4. The lowest BCUT2D eigenvalue weighted by atomic mass is 9.99. The van der Waals surface area contributed by atoms with E-state index in [1.165, 1.54) is 5.56 Å². The molecular weight excluding hydrogens is 290 g/mol. The standard InChI is InChI=1S/C19H29NO3/c1-4-7-8-13-20-17(14-18(21)23-6-3)19(22)16-11-9-15(5-2)10-12-16/h9-12,17,20H,4-8,13-14H2,1-3H3. The van der Waals surface area contributed by atoms with E-state index >= 15 is 0 Å². The van der Waals surface area contributed by atoms with Gasteiger partial charge < -0.3 is 10.1 Å². The summed E-state index contributed by atoms with van der Waals surface area (Å²) in [5.41, 5.74) is 1.83. The molecule has 4 nitrogen and oxygen atoms in total. The Balaban J connectivity index is 2.74. The van der Waals surface area contributed by atoms with Crippen molar-refractivity contribution in [2.75, 3.05) is 13.2 Å². The van der Waals surface area contributed by atoms with Crippen LogP contribution in [0.5, 0.6) is 0 Å². The van der Waals surface area contributed by atoms with Gasteiger partial charge in [-0.2, -0.15) is 0 Å². The Kier molecular flexibility index (Phi) is 9.22. The molecule has 0 radical (unpaired) electrons. The number of rotatable bonds is 11. The third-order valence-electron chi connectivity index (χ3n) is 3.81. The SMILES string of the molecule is CCCCCNC(CC(=O)OCC)C(=O)c1ccc(CC)cc1. The van der Waals surface area contributed by atoms with Crippen LogP contribution in [0.25, 0.3) is 0 Å². The molecule has 1 N–H and O–H groups in total. The molecule has 1 unspecified atom stereocenters. The predicted molar refractivity (Wildman–Crippen MR) is 92.7 cm³/mol. The summed E-state index contributed by atoms with van der Waals surface area (Å²) in [6.45, 7) is 7.05. The summed E-state index contributed by atoms with van der Waals surface area (Å²) < 4.78 is 4.99. The average molecular weight is 319 g/mol. The molecule has 1 rings (SSSR count). The van der Waals surface area contributed by atoms with Gasteiger partial charge in [0, 0.05) is 5.56 Å². The topological polar surface area (TPSA) is 55.4 Å². The Hall–Kier alpha value is -1.68. The van der Waals surface area contributed by atoms with Gasteiger partial charge in [0.2, 0.25) is 0 Å². The molecule has 0 heterocycles. The lowest BCUT2D eigenvalue weighted by Gasteiger charge is -2.17. The number of hydrogen-bond donors (Lipinski definition) is 1. The van der Waals surface area contributed by atoms with Crippen LogP contribution >= 0.6 is 0 Å². The van der Waals surface area contributed by atoms with Crippen molar-refractivity contribution in [2.45, 2.75) is 58.9 Å². The fourth-order valence-corrected chi connectivity index (χ4v) is 2.40. The Morgan fingerprint density at radius 1 is 1.09 bits per heavy atom. The third kappa shape index (κ3) is 6.95. The normalized spacial score (nSPS) is 12.0. The van der Waals surface area contributed by atoms with E-state index in [0.29, 0.717) is 12.2 Å². The molecule has 0 amide bonds. The highest BCUT2D eigenvalue weighted by molar-refractivity contribution is 6.01. The highest BCUT2D eigenvalue weighted by Crippen LogP contribution is 2.10. The maximum absolute atomic E-state index is 12.7. The molecule has 0 bridgehead atoms. The fraction of sp³-hybridized carbons (Fsp3) is 0.579. The van der Waals surface area contributed by atoms with Crippen molar-refractivity contribution in [1.29, 1.82) is 0 Å². The average Bonchev–Trinajstić information content (AvgIpc) is 2.57. The second-order valence-electron chi connectivity index (χ2n) is 5.64. The second-order valence-corrected chi connectivity index (χ2v) is 5.64. The third-order valence-corrected chi connectivity index (χ3v) is 3.81. The van der Waals surface area contributed by atoms with Crippen LogP contribution in [-0.4, -0.2) is 30.9 Å². The van der Waals surface area contributed by atoms with Crippen LogP contribution in [0.2, 0.25) is 0 Å². The van der Waals surface area contributed by atoms with Gasteiger partial charge >= 0.3 is 5.97 Å². The van der Waals surface area contributed by atoms with Crippen molar-refractivity contribution in [1.82, 2.24) is 5.32 Å². The molecule has 0 aliphatic carbocycles. The molecule has 0 saturated heterocycles. The van der Waals surface area contributed by atoms with Crippen molar-refractivity contribution in [3.05, 3.63) is 35.4 Å². The van der Waals surface area contributed by atoms with E-state index in [1.54, 1.807) is 6.92 Å². The zero-order valence-corrected chi connectivity index (χ0v) is 14.6. The van der Waals surface area contributed by atoms with Gasteiger partial charge in [0.1, 0.15) is 0 Å². The van der Waals surface area contributed by atoms with Gasteiger partial charge in [-0.05, 0) is 31.9 Å². The first-order chi connectivity index (χ1) is 11.1. The zero-order valence-electron chi connectivity index (χ0n) is 14.6. The molecule has 4 heteroatoms. The fourth-order valence-electron chi connectivity index (χ4n) is 2.40. The lowest BCUT2D eigenvalue weighted by molar-refractivity contribution is -0.143. The number of carbonyl (C=O) groups excluding carboxylic acids is 2. The van der Waals surface area contributed by atoms with Crippen LogP contribution in [0.1, 0.15) is 62.4 Å². The van der Waals surface area contributed by atoms with Gasteiger partial charge in [-0.3, -0.25) is 9.59 Å². The summed E-state index contributed by atoms with van der Waals surface area (Å²) in [5.74, 6) is -0.378. The maximum Gasteiger partial charge on any atom is 0.307 e. The maximum atomic E-state index is 12.7. The minimum Gasteiger partial charge on any atom is -0.466 e. The van der Waals surface area contributed by atoms with Crippen molar-refractivity contribution >= 4 is 11.8 Å². The number of unbranched alkanes of at least 4 members (excludes halogenated alkanes) is 2. The molecule has 0 saturated carbocycles. The molecule has 0 aliphatic rings. The summed E-state index contributed by atoms with van der Waals surface area (Å²) in [5, 5.41) is 3.22. The second kappa shape index (κ2) is 10.9. The van der Waals surface area contributed by atoms with E-state index in [9.17, 15) is 9.59 Å². The van der Waals surface area contributed by atoms with Crippen molar-refractivity contribution in [3.63, 3.8) is 0 Å². The molecular formula is C19H29NO3. The molecule has 1 aromatic rings. The van der Waals surface area contributed by atoms with E-state index in [-0.39, 0.29) is 18.2 Å². The smallest absolute Gasteiger partial charge is 0.307 e. The Bertz CT molecular complexity index is 482. The van der Waals surface area contributed by atoms with Crippen LogP contribution in [-0.2, 0) is 16.0 Å². The van der Waals surface area contributed by atoms with Crippen LogP contribution in [0.15, 0.2) is 24.3 Å². The Morgan fingerprint density at radius 3 is 2.35 bits per heavy atom. The molecule has 0 fully saturated rings. The molecule has 23 heavy (non-hydrogen) atoms. The van der Waals surface area contributed by atoms with Crippen LogP contribution in [0.3, 0.4) is 0 Å². The summed E-state index contributed by atoms with van der Waals surface area (Å²) in [6.07, 6.45) is 4.25. The Morgan fingerprint density at radius 2 is 1.78 bits per heavy atom. The number of ether oxygens (including phenoxy) is 1. The first-order valence-electron chi connectivity index (χ1n) is 8.64. The highest BCUT2D eigenvalue weighted by atomic mass is 16.5. The molecule has 0 aromatic heterocycles. The van der Waals surface area contributed by atoms with Crippen molar-refractivity contribution < 1.29 is 14.3 Å². The van der Waals surface area contributed by atoms with E-state index in [0.717, 1.165) is 32.2 Å². The van der Waals surface area contributed by atoms with Crippen molar-refractivity contribution in [2.24, 2.45) is 0 Å². The monoisotopic (exact) mass is 319 g/mol. The highest BCUT2D eigenvalue weighted by Gasteiger charge is 2.23. The number of aryl methyl sites for hydroxylation is 1. The quantitative estimate of drug-likeness (QED) is 0.385. The largest absolute Gasteiger partial charge is 0.466 e. The Labute approximate surface area is 139 Å². The number of esters is 1. The van der Waals surface area contributed by atoms with E-state index < -0.39 is 6.04 Å². The van der Waals surface area contributed by atoms with Gasteiger partial charge in [0.25, 0.3) is 0 Å². The molecule has 128 valence electrons. The minimum atomic E-state index is -0.515. The van der Waals surface area contributed by atoms with Crippen LogP contribution in [0, 0.1) is 0 Å². The van der Waals surface area contributed by atoms with E-state index in [4.69, 9.17) is 4.74 Å². The lowest BCUT2D eigenvalue weighted by Crippen LogP contribution is -2.39. The number of carbonyl (C=O) groups is 2. The van der Waals surface area contributed by atoms with Crippen LogP contribution in [0.4, 0.5) is 0 Å². The predicted octanol–water partition coefficient (Wildman–Crippen LogP) is 3.53. The van der Waals surface area contributed by atoms with Crippen LogP contribution < -0.4 is 5.32 Å². The number of nitrogens with one attached hydrogen (secondary N) is 1. The van der Waals surface area contributed by atoms with Gasteiger partial charge in [-0.25, -0.2) is 0 Å². The zero-order chi connectivity index (χ0) is 17.1. The van der Waals surface area contributed by atoms with Crippen molar-refractivity contribution in [3.8, 4) is 0 Å². The minimum absolute atomic E-state index is 0.0443. The summed E-state index contributed by atoms with van der Waals surface area (Å²) in [7, 11) is 0. The molecule has 1 atom stereocenters. The molecule has 1 aromatic carbocycles. The first-order valence-corrected chi connectivity index (χ1v) is 8.64. The van der Waals surface area contributed by atoms with Gasteiger partial charge in [-0.15, -0.1) is 0 Å². The molecule has 0 spiro atoms. The first kappa shape index (κ1) is 19.4. The van der Waals surface area contributed by atoms with Gasteiger partial charge in [0.05, 0.1) is 19.1 Å². The van der Waals surface area contributed by atoms with Gasteiger partial charge in [-0.1, -0.05) is 51.0 Å². The van der Waals surface area contributed by atoms with Gasteiger partial charge in [0.15, 0.2) is 5.78 Å². The molecule has 0 aliphatic heterocycles. The number of ketones is 1.